The molecule has 0 aliphatic carbocycles. The smallest absolute Gasteiger partial charge is 0.336 e. The summed E-state index contributed by atoms with van der Waals surface area (Å²) in [6, 6.07) is 11.8. The average molecular weight is 397 g/mol. The van der Waals surface area contributed by atoms with Crippen LogP contribution in [0.1, 0.15) is 31.8 Å². The molecule has 0 saturated heterocycles. The lowest BCUT2D eigenvalue weighted by Gasteiger charge is -2.10. The highest BCUT2D eigenvalue weighted by atomic mass is 79.9. The summed E-state index contributed by atoms with van der Waals surface area (Å²) >= 11 is 9.12. The van der Waals surface area contributed by atoms with Crippen molar-refractivity contribution in [2.24, 2.45) is 0 Å². The zero-order valence-corrected chi connectivity index (χ0v) is 14.5. The molecule has 0 aliphatic heterocycles. The van der Waals surface area contributed by atoms with Gasteiger partial charge in [0.2, 0.25) is 0 Å². The number of carboxylic acid groups (broad SMARTS) is 1. The van der Waals surface area contributed by atoms with Crippen LogP contribution in [-0.2, 0) is 13.0 Å². The fourth-order valence-corrected chi connectivity index (χ4v) is 2.70. The second-order valence-corrected chi connectivity index (χ2v) is 6.15. The topological polar surface area (TPSA) is 66.4 Å². The number of rotatable bonds is 6. The normalized spacial score (nSPS) is 10.3. The van der Waals surface area contributed by atoms with Crippen LogP contribution in [-0.4, -0.2) is 22.3 Å². The zero-order chi connectivity index (χ0) is 16.8. The van der Waals surface area contributed by atoms with Crippen LogP contribution >= 0.6 is 27.5 Å². The maximum atomic E-state index is 12.1. The summed E-state index contributed by atoms with van der Waals surface area (Å²) in [6.07, 6.45) is 0.748. The molecule has 2 aromatic carbocycles. The van der Waals surface area contributed by atoms with Crippen molar-refractivity contribution in [3.05, 3.63) is 69.7 Å². The molecule has 0 atom stereocenters. The third kappa shape index (κ3) is 4.81. The largest absolute Gasteiger partial charge is 0.478 e. The van der Waals surface area contributed by atoms with E-state index in [9.17, 15) is 14.7 Å². The van der Waals surface area contributed by atoms with E-state index in [0.717, 1.165) is 17.3 Å². The van der Waals surface area contributed by atoms with Crippen molar-refractivity contribution in [2.75, 3.05) is 5.33 Å². The second-order valence-electron chi connectivity index (χ2n) is 4.93. The van der Waals surface area contributed by atoms with Gasteiger partial charge in [0.15, 0.2) is 0 Å². The van der Waals surface area contributed by atoms with Crippen LogP contribution in [0.25, 0.3) is 0 Å². The van der Waals surface area contributed by atoms with E-state index in [1.165, 1.54) is 0 Å². The first kappa shape index (κ1) is 17.5. The Kier molecular flexibility index (Phi) is 6.19. The van der Waals surface area contributed by atoms with Gasteiger partial charge >= 0.3 is 5.97 Å². The lowest BCUT2D eigenvalue weighted by Crippen LogP contribution is -2.24. The van der Waals surface area contributed by atoms with Gasteiger partial charge in [0.25, 0.3) is 5.91 Å². The first-order valence-electron chi connectivity index (χ1n) is 6.96. The average Bonchev–Trinajstić information content (AvgIpc) is 2.54. The van der Waals surface area contributed by atoms with Crippen molar-refractivity contribution in [3.8, 4) is 0 Å². The number of alkyl halides is 1. The lowest BCUT2D eigenvalue weighted by atomic mass is 10.0. The summed E-state index contributed by atoms with van der Waals surface area (Å²) in [4.78, 5) is 23.5. The van der Waals surface area contributed by atoms with Crippen molar-refractivity contribution in [1.82, 2.24) is 5.32 Å². The van der Waals surface area contributed by atoms with Gasteiger partial charge in [-0.15, -0.1) is 0 Å². The maximum Gasteiger partial charge on any atom is 0.336 e. The van der Waals surface area contributed by atoms with Gasteiger partial charge in [0.05, 0.1) is 5.56 Å². The Labute approximate surface area is 147 Å². The highest BCUT2D eigenvalue weighted by molar-refractivity contribution is 9.09. The van der Waals surface area contributed by atoms with Crippen LogP contribution in [0.5, 0.6) is 0 Å². The highest BCUT2D eigenvalue weighted by Crippen LogP contribution is 2.15. The van der Waals surface area contributed by atoms with Crippen LogP contribution in [0.2, 0.25) is 5.02 Å². The standard InChI is InChI=1S/C17H15BrClNO3/c18-8-7-11-1-2-13(15(9-11)17(22)23)10-20-16(21)12-3-5-14(19)6-4-12/h1-6,9H,7-8,10H2,(H,20,21)(H,22,23). The SMILES string of the molecule is O=C(NCc1ccc(CCBr)cc1C(=O)O)c1ccc(Cl)cc1. The third-order valence-electron chi connectivity index (χ3n) is 3.33. The molecule has 0 unspecified atom stereocenters. The number of aryl methyl sites for hydroxylation is 1. The molecule has 23 heavy (non-hydrogen) atoms. The van der Waals surface area contributed by atoms with Gasteiger partial charge in [-0.2, -0.15) is 0 Å². The number of hydrogen-bond acceptors (Lipinski definition) is 2. The molecular formula is C17H15BrClNO3. The molecule has 120 valence electrons. The number of amides is 1. The minimum atomic E-state index is -1.00. The fraction of sp³-hybridized carbons (Fsp3) is 0.176. The number of carboxylic acids is 1. The molecule has 6 heteroatoms. The van der Waals surface area contributed by atoms with E-state index in [-0.39, 0.29) is 18.0 Å². The Morgan fingerprint density at radius 3 is 2.43 bits per heavy atom. The van der Waals surface area contributed by atoms with Crippen LogP contribution in [0.3, 0.4) is 0 Å². The van der Waals surface area contributed by atoms with E-state index in [4.69, 9.17) is 11.6 Å². The quantitative estimate of drug-likeness (QED) is 0.728. The summed E-state index contributed by atoms with van der Waals surface area (Å²) in [5.41, 5.74) is 2.19. The number of hydrogen-bond donors (Lipinski definition) is 2. The maximum absolute atomic E-state index is 12.1. The molecule has 1 amide bonds. The van der Waals surface area contributed by atoms with Crippen LogP contribution in [0.15, 0.2) is 42.5 Å². The summed E-state index contributed by atoms with van der Waals surface area (Å²) in [6.45, 7) is 0.150. The number of aromatic carboxylic acids is 1. The predicted molar refractivity (Wildman–Crippen MR) is 93.5 cm³/mol. The molecular weight excluding hydrogens is 382 g/mol. The van der Waals surface area contributed by atoms with E-state index in [0.29, 0.717) is 16.1 Å². The van der Waals surface area contributed by atoms with Gasteiger partial charge in [-0.3, -0.25) is 4.79 Å². The van der Waals surface area contributed by atoms with E-state index in [1.54, 1.807) is 36.4 Å². The van der Waals surface area contributed by atoms with Gasteiger partial charge in [-0.1, -0.05) is 39.7 Å². The molecule has 2 aromatic rings. The van der Waals surface area contributed by atoms with E-state index in [2.05, 4.69) is 21.2 Å². The van der Waals surface area contributed by atoms with Crippen molar-refractivity contribution in [2.45, 2.75) is 13.0 Å². The van der Waals surface area contributed by atoms with E-state index < -0.39 is 5.97 Å². The number of halogens is 2. The summed E-state index contributed by atoms with van der Waals surface area (Å²) in [5.74, 6) is -1.28. The minimum absolute atomic E-state index is 0.150. The Morgan fingerprint density at radius 2 is 1.83 bits per heavy atom. The van der Waals surface area contributed by atoms with E-state index >= 15 is 0 Å². The second kappa shape index (κ2) is 8.13. The van der Waals surface area contributed by atoms with Crippen molar-refractivity contribution < 1.29 is 14.7 Å². The van der Waals surface area contributed by atoms with Crippen molar-refractivity contribution in [1.29, 1.82) is 0 Å². The molecule has 0 saturated carbocycles. The van der Waals surface area contributed by atoms with E-state index in [1.807, 2.05) is 6.07 Å². The number of carbonyl (C=O) groups excluding carboxylic acids is 1. The zero-order valence-electron chi connectivity index (χ0n) is 12.2. The summed E-state index contributed by atoms with van der Waals surface area (Å²) in [7, 11) is 0. The van der Waals surface area contributed by atoms with Crippen molar-refractivity contribution >= 4 is 39.4 Å². The molecule has 0 spiro atoms. The van der Waals surface area contributed by atoms with Gasteiger partial charge in [0, 0.05) is 22.5 Å². The molecule has 0 aliphatic rings. The molecule has 0 aromatic heterocycles. The summed E-state index contributed by atoms with van der Waals surface area (Å²) < 4.78 is 0. The fourth-order valence-electron chi connectivity index (χ4n) is 2.12. The molecule has 2 rings (SSSR count). The Hall–Kier alpha value is -1.85. The van der Waals surface area contributed by atoms with Gasteiger partial charge in [-0.05, 0) is 47.9 Å². The van der Waals surface area contributed by atoms with Gasteiger partial charge < -0.3 is 10.4 Å². The van der Waals surface area contributed by atoms with Crippen LogP contribution < -0.4 is 5.32 Å². The summed E-state index contributed by atoms with van der Waals surface area (Å²) in [5, 5.41) is 13.4. The van der Waals surface area contributed by atoms with Crippen LogP contribution in [0, 0.1) is 0 Å². The molecule has 4 nitrogen and oxygen atoms in total. The highest BCUT2D eigenvalue weighted by Gasteiger charge is 2.12. The third-order valence-corrected chi connectivity index (χ3v) is 3.98. The Bertz CT molecular complexity index is 716. The minimum Gasteiger partial charge on any atom is -0.478 e. The monoisotopic (exact) mass is 395 g/mol. The first-order valence-corrected chi connectivity index (χ1v) is 8.46. The molecule has 2 N–H and O–H groups in total. The molecule has 0 fully saturated rings. The molecule has 0 heterocycles. The first-order chi connectivity index (χ1) is 11.0. The van der Waals surface area contributed by atoms with Gasteiger partial charge in [-0.25, -0.2) is 4.79 Å². The Balaban J connectivity index is 2.11. The molecule has 0 radical (unpaired) electrons. The Morgan fingerprint density at radius 1 is 1.13 bits per heavy atom. The molecule has 0 bridgehead atoms. The van der Waals surface area contributed by atoms with Crippen LogP contribution in [0.4, 0.5) is 0 Å². The number of carbonyl (C=O) groups is 2. The number of nitrogens with one attached hydrogen (secondary N) is 1. The predicted octanol–water partition coefficient (Wildman–Crippen LogP) is 3.91. The van der Waals surface area contributed by atoms with Gasteiger partial charge in [0.1, 0.15) is 0 Å². The van der Waals surface area contributed by atoms with Crippen molar-refractivity contribution in [3.63, 3.8) is 0 Å². The number of benzene rings is 2. The lowest BCUT2D eigenvalue weighted by molar-refractivity contribution is 0.0694.